The molecule has 1 aromatic carbocycles. The zero-order chi connectivity index (χ0) is 21.6. The number of anilines is 1. The van der Waals surface area contributed by atoms with Gasteiger partial charge in [0.05, 0.1) is 17.9 Å². The fraction of sp³-hybridized carbons (Fsp3) is 0.263. The Bertz CT molecular complexity index is 1080. The molecule has 2 rings (SSSR count). The van der Waals surface area contributed by atoms with Crippen LogP contribution in [-0.4, -0.2) is 36.6 Å². The second-order valence-corrected chi connectivity index (χ2v) is 8.71. The Morgan fingerprint density at radius 2 is 2.00 bits per heavy atom. The van der Waals surface area contributed by atoms with Gasteiger partial charge in [-0.2, -0.15) is 5.26 Å². The van der Waals surface area contributed by atoms with Gasteiger partial charge < -0.3 is 10.6 Å². The molecule has 0 saturated heterocycles. The number of nitrogens with zero attached hydrogens (tertiary/aromatic N) is 3. The third kappa shape index (κ3) is 6.55. The quantitative estimate of drug-likeness (QED) is 0.687. The summed E-state index contributed by atoms with van der Waals surface area (Å²) in [6, 6.07) is 8.46. The summed E-state index contributed by atoms with van der Waals surface area (Å²) >= 11 is 6.20. The van der Waals surface area contributed by atoms with Gasteiger partial charge in [0.2, 0.25) is 5.82 Å². The standard InChI is InChI=1S/C19H20ClN5O3S/c1-12(8-9-29(3,27)28)23-19(26)18-22-11-17(16(10-21)25-18)24-13(2)14-6-4-5-7-15(14)20/h4-9,11-13,24H,1-3H3,(H,23,26)/b9-8+/t12-,13+/m1/s1. The Balaban J connectivity index is 2.16. The summed E-state index contributed by atoms with van der Waals surface area (Å²) in [5, 5.41) is 16.7. The molecule has 0 spiro atoms. The van der Waals surface area contributed by atoms with Gasteiger partial charge in [0.1, 0.15) is 6.07 Å². The van der Waals surface area contributed by atoms with Crippen LogP contribution in [0.5, 0.6) is 0 Å². The molecule has 0 bridgehead atoms. The molecule has 0 saturated carbocycles. The lowest BCUT2D eigenvalue weighted by Crippen LogP contribution is -2.32. The third-order valence-electron chi connectivity index (χ3n) is 3.81. The SMILES string of the molecule is C[C@H](/C=C/S(C)(=O)=O)NC(=O)c1ncc(N[C@@H](C)c2ccccc2Cl)c(C#N)n1. The number of nitriles is 1. The molecule has 2 N–H and O–H groups in total. The fourth-order valence-corrected chi connectivity index (χ4v) is 3.22. The normalized spacial score (nSPS) is 13.5. The van der Waals surface area contributed by atoms with Crippen LogP contribution in [0, 0.1) is 11.3 Å². The molecule has 152 valence electrons. The number of sulfone groups is 1. The first kappa shape index (κ1) is 22.3. The number of rotatable bonds is 7. The number of carbonyl (C=O) groups is 1. The minimum Gasteiger partial charge on any atom is -0.375 e. The number of halogens is 1. The molecule has 8 nitrogen and oxygen atoms in total. The molecule has 29 heavy (non-hydrogen) atoms. The van der Waals surface area contributed by atoms with E-state index in [1.807, 2.05) is 31.2 Å². The summed E-state index contributed by atoms with van der Waals surface area (Å²) in [6.45, 7) is 3.48. The molecule has 0 aliphatic heterocycles. The molecule has 2 atom stereocenters. The molecule has 0 radical (unpaired) electrons. The lowest BCUT2D eigenvalue weighted by Gasteiger charge is -2.17. The second kappa shape index (κ2) is 9.49. The van der Waals surface area contributed by atoms with E-state index in [0.29, 0.717) is 10.7 Å². The van der Waals surface area contributed by atoms with Crippen molar-refractivity contribution < 1.29 is 13.2 Å². The number of amides is 1. The molecule has 0 aliphatic carbocycles. The maximum atomic E-state index is 12.3. The molecule has 0 fully saturated rings. The Kier molecular flexibility index (Phi) is 7.31. The summed E-state index contributed by atoms with van der Waals surface area (Å²) in [5.74, 6) is -0.824. The van der Waals surface area contributed by atoms with Crippen molar-refractivity contribution >= 4 is 33.0 Å². The minimum atomic E-state index is -3.30. The summed E-state index contributed by atoms with van der Waals surface area (Å²) in [4.78, 5) is 20.3. The third-order valence-corrected chi connectivity index (χ3v) is 4.81. The van der Waals surface area contributed by atoms with Gasteiger partial charge in [-0.25, -0.2) is 18.4 Å². The fourth-order valence-electron chi connectivity index (χ4n) is 2.40. The van der Waals surface area contributed by atoms with E-state index in [1.54, 1.807) is 13.0 Å². The molecular formula is C19H20ClN5O3S. The topological polar surface area (TPSA) is 125 Å². The highest BCUT2D eigenvalue weighted by Crippen LogP contribution is 2.26. The van der Waals surface area contributed by atoms with Crippen molar-refractivity contribution in [1.29, 1.82) is 5.26 Å². The number of aromatic nitrogens is 2. The number of hydrogen-bond acceptors (Lipinski definition) is 7. The number of nitrogens with one attached hydrogen (secondary N) is 2. The number of benzene rings is 1. The first-order valence-electron chi connectivity index (χ1n) is 8.58. The molecule has 10 heteroatoms. The van der Waals surface area contributed by atoms with E-state index in [1.165, 1.54) is 12.3 Å². The Hall–Kier alpha value is -2.96. The van der Waals surface area contributed by atoms with Gasteiger partial charge in [0.25, 0.3) is 5.91 Å². The van der Waals surface area contributed by atoms with Gasteiger partial charge in [0, 0.05) is 22.7 Å². The van der Waals surface area contributed by atoms with Crippen molar-refractivity contribution in [2.45, 2.75) is 25.9 Å². The maximum Gasteiger partial charge on any atom is 0.289 e. The summed E-state index contributed by atoms with van der Waals surface area (Å²) in [6.07, 6.45) is 3.74. The van der Waals surface area contributed by atoms with Gasteiger partial charge in [-0.15, -0.1) is 0 Å². The maximum absolute atomic E-state index is 12.3. The monoisotopic (exact) mass is 433 g/mol. The highest BCUT2D eigenvalue weighted by Gasteiger charge is 2.17. The summed E-state index contributed by atoms with van der Waals surface area (Å²) < 4.78 is 22.3. The van der Waals surface area contributed by atoms with E-state index < -0.39 is 21.8 Å². The Labute approximate surface area is 174 Å². The average Bonchev–Trinajstić information content (AvgIpc) is 2.66. The van der Waals surface area contributed by atoms with Crippen LogP contribution in [-0.2, 0) is 9.84 Å². The van der Waals surface area contributed by atoms with Gasteiger partial charge in [-0.1, -0.05) is 35.9 Å². The summed E-state index contributed by atoms with van der Waals surface area (Å²) in [5.41, 5.74) is 1.20. The highest BCUT2D eigenvalue weighted by atomic mass is 35.5. The van der Waals surface area contributed by atoms with Gasteiger partial charge in [0.15, 0.2) is 15.5 Å². The van der Waals surface area contributed by atoms with Crippen LogP contribution in [0.15, 0.2) is 41.9 Å². The first-order valence-corrected chi connectivity index (χ1v) is 10.9. The zero-order valence-electron chi connectivity index (χ0n) is 16.0. The van der Waals surface area contributed by atoms with Gasteiger partial charge >= 0.3 is 0 Å². The van der Waals surface area contributed by atoms with Crippen LogP contribution in [0.3, 0.4) is 0 Å². The van der Waals surface area contributed by atoms with Gasteiger partial charge in [-0.05, 0) is 25.5 Å². The predicted molar refractivity (Wildman–Crippen MR) is 111 cm³/mol. The van der Waals surface area contributed by atoms with Crippen molar-refractivity contribution in [2.24, 2.45) is 0 Å². The van der Waals surface area contributed by atoms with Crippen molar-refractivity contribution in [1.82, 2.24) is 15.3 Å². The zero-order valence-corrected chi connectivity index (χ0v) is 17.6. The van der Waals surface area contributed by atoms with E-state index in [0.717, 1.165) is 17.2 Å². The molecule has 2 aromatic rings. The summed E-state index contributed by atoms with van der Waals surface area (Å²) in [7, 11) is -3.30. The van der Waals surface area contributed by atoms with E-state index in [4.69, 9.17) is 11.6 Å². The average molecular weight is 434 g/mol. The van der Waals surface area contributed by atoms with Crippen LogP contribution in [0.2, 0.25) is 5.02 Å². The first-order chi connectivity index (χ1) is 13.6. The van der Waals surface area contributed by atoms with E-state index in [-0.39, 0.29) is 17.6 Å². The smallest absolute Gasteiger partial charge is 0.289 e. The van der Waals surface area contributed by atoms with Crippen LogP contribution in [0.25, 0.3) is 0 Å². The molecule has 0 aliphatic rings. The van der Waals surface area contributed by atoms with E-state index in [9.17, 15) is 18.5 Å². The second-order valence-electron chi connectivity index (χ2n) is 6.38. The van der Waals surface area contributed by atoms with Crippen molar-refractivity contribution in [2.75, 3.05) is 11.6 Å². The molecular weight excluding hydrogens is 414 g/mol. The highest BCUT2D eigenvalue weighted by molar-refractivity contribution is 7.93. The lowest BCUT2D eigenvalue weighted by molar-refractivity contribution is 0.0936. The van der Waals surface area contributed by atoms with Crippen LogP contribution < -0.4 is 10.6 Å². The number of hydrogen-bond donors (Lipinski definition) is 2. The minimum absolute atomic E-state index is 0.00313. The van der Waals surface area contributed by atoms with Crippen LogP contribution in [0.1, 0.15) is 41.8 Å². The van der Waals surface area contributed by atoms with E-state index >= 15 is 0 Å². The molecule has 1 heterocycles. The van der Waals surface area contributed by atoms with E-state index in [2.05, 4.69) is 20.6 Å². The van der Waals surface area contributed by atoms with Crippen LogP contribution >= 0.6 is 11.6 Å². The van der Waals surface area contributed by atoms with Gasteiger partial charge in [-0.3, -0.25) is 4.79 Å². The van der Waals surface area contributed by atoms with Crippen molar-refractivity contribution in [3.8, 4) is 6.07 Å². The Morgan fingerprint density at radius 3 is 2.62 bits per heavy atom. The molecule has 0 unspecified atom stereocenters. The molecule has 1 amide bonds. The van der Waals surface area contributed by atoms with Crippen LogP contribution in [0.4, 0.5) is 5.69 Å². The molecule has 1 aromatic heterocycles. The number of carbonyl (C=O) groups excluding carboxylic acids is 1. The largest absolute Gasteiger partial charge is 0.375 e. The predicted octanol–water partition coefficient (Wildman–Crippen LogP) is 2.85. The van der Waals surface area contributed by atoms with Crippen molar-refractivity contribution in [3.63, 3.8) is 0 Å². The Morgan fingerprint density at radius 1 is 1.31 bits per heavy atom. The lowest BCUT2D eigenvalue weighted by atomic mass is 10.1. The van der Waals surface area contributed by atoms with Crippen molar-refractivity contribution in [3.05, 3.63) is 64.1 Å².